The first-order valence-electron chi connectivity index (χ1n) is 7.21. The Morgan fingerprint density at radius 2 is 1.62 bits per heavy atom. The molecule has 21 heavy (non-hydrogen) atoms. The minimum Gasteiger partial charge on any atom is -0.235 e. The summed E-state index contributed by atoms with van der Waals surface area (Å²) in [6, 6.07) is 0. The molecule has 0 aliphatic rings. The lowest BCUT2D eigenvalue weighted by Crippen LogP contribution is -2.35. The standard InChI is InChI=1S/C13H25BrN4O2S/c1-10(2)6-8-18(9-7-11(3)4)21(19,20)13-12(14)15-16-17(13)5/h10-11H,6-9H2,1-5H3. The molecule has 0 spiro atoms. The van der Waals surface area contributed by atoms with Gasteiger partial charge in [0, 0.05) is 20.1 Å². The molecule has 1 heterocycles. The van der Waals surface area contributed by atoms with Crippen LogP contribution in [0.5, 0.6) is 0 Å². The lowest BCUT2D eigenvalue weighted by molar-refractivity contribution is 0.354. The molecule has 0 fully saturated rings. The van der Waals surface area contributed by atoms with Gasteiger partial charge in [-0.3, -0.25) is 0 Å². The zero-order chi connectivity index (χ0) is 16.2. The molecule has 6 nitrogen and oxygen atoms in total. The van der Waals surface area contributed by atoms with Crippen LogP contribution in [-0.4, -0.2) is 40.8 Å². The van der Waals surface area contributed by atoms with Gasteiger partial charge in [-0.15, -0.1) is 5.10 Å². The molecule has 0 amide bonds. The lowest BCUT2D eigenvalue weighted by atomic mass is 10.1. The molecular weight excluding hydrogens is 356 g/mol. The van der Waals surface area contributed by atoms with E-state index in [1.165, 1.54) is 4.68 Å². The Balaban J connectivity index is 3.04. The molecule has 0 bridgehead atoms. The fourth-order valence-corrected chi connectivity index (χ4v) is 4.38. The highest BCUT2D eigenvalue weighted by molar-refractivity contribution is 9.10. The van der Waals surface area contributed by atoms with Gasteiger partial charge in [0.1, 0.15) is 0 Å². The van der Waals surface area contributed by atoms with Gasteiger partial charge in [-0.05, 0) is 40.6 Å². The summed E-state index contributed by atoms with van der Waals surface area (Å²) in [5, 5.41) is 7.67. The van der Waals surface area contributed by atoms with Crippen molar-refractivity contribution >= 4 is 26.0 Å². The fraction of sp³-hybridized carbons (Fsp3) is 0.846. The predicted octanol–water partition coefficient (Wildman–Crippen LogP) is 2.66. The molecule has 0 N–H and O–H groups in total. The summed E-state index contributed by atoms with van der Waals surface area (Å²) >= 11 is 3.18. The molecule has 0 atom stereocenters. The molecule has 122 valence electrons. The highest BCUT2D eigenvalue weighted by atomic mass is 79.9. The van der Waals surface area contributed by atoms with Gasteiger partial charge in [0.25, 0.3) is 10.0 Å². The van der Waals surface area contributed by atoms with E-state index in [9.17, 15) is 8.42 Å². The van der Waals surface area contributed by atoms with E-state index >= 15 is 0 Å². The molecule has 0 saturated carbocycles. The smallest absolute Gasteiger partial charge is 0.235 e. The number of hydrogen-bond donors (Lipinski definition) is 0. The molecule has 8 heteroatoms. The number of rotatable bonds is 8. The van der Waals surface area contributed by atoms with Crippen molar-refractivity contribution in [1.29, 1.82) is 0 Å². The van der Waals surface area contributed by atoms with Crippen molar-refractivity contribution in [3.05, 3.63) is 4.60 Å². The van der Waals surface area contributed by atoms with Crippen LogP contribution in [0.4, 0.5) is 0 Å². The van der Waals surface area contributed by atoms with Gasteiger partial charge < -0.3 is 0 Å². The molecule has 0 aliphatic heterocycles. The van der Waals surface area contributed by atoms with Gasteiger partial charge in [0.15, 0.2) is 4.60 Å². The van der Waals surface area contributed by atoms with Crippen molar-refractivity contribution in [3.63, 3.8) is 0 Å². The third kappa shape index (κ3) is 5.03. The van der Waals surface area contributed by atoms with Crippen LogP contribution in [0.15, 0.2) is 9.63 Å². The van der Waals surface area contributed by atoms with E-state index in [2.05, 4.69) is 53.9 Å². The minimum atomic E-state index is -3.59. The first-order valence-corrected chi connectivity index (χ1v) is 9.44. The molecule has 0 saturated heterocycles. The molecule has 1 aromatic heterocycles. The summed E-state index contributed by atoms with van der Waals surface area (Å²) < 4.78 is 28.8. The average Bonchev–Trinajstić information content (AvgIpc) is 2.68. The Morgan fingerprint density at radius 3 is 1.95 bits per heavy atom. The van der Waals surface area contributed by atoms with Crippen molar-refractivity contribution in [2.45, 2.75) is 45.6 Å². The van der Waals surface area contributed by atoms with Crippen LogP contribution >= 0.6 is 15.9 Å². The second kappa shape index (κ2) is 7.69. The van der Waals surface area contributed by atoms with Crippen molar-refractivity contribution < 1.29 is 8.42 Å². The van der Waals surface area contributed by atoms with E-state index in [1.807, 2.05) is 0 Å². The SMILES string of the molecule is CC(C)CCN(CCC(C)C)S(=O)(=O)c1c(Br)nnn1C. The van der Waals surface area contributed by atoms with Crippen LogP contribution in [0.3, 0.4) is 0 Å². The summed E-state index contributed by atoms with van der Waals surface area (Å²) in [4.78, 5) is 0. The second-order valence-corrected chi connectivity index (χ2v) is 8.68. The Morgan fingerprint density at radius 1 is 1.14 bits per heavy atom. The van der Waals surface area contributed by atoms with Crippen LogP contribution < -0.4 is 0 Å². The van der Waals surface area contributed by atoms with Gasteiger partial charge in [-0.25, -0.2) is 13.1 Å². The summed E-state index contributed by atoms with van der Waals surface area (Å²) in [5.41, 5.74) is 0. The number of halogens is 1. The van der Waals surface area contributed by atoms with Crippen LogP contribution in [0.25, 0.3) is 0 Å². The van der Waals surface area contributed by atoms with Crippen molar-refractivity contribution in [3.8, 4) is 0 Å². The number of nitrogens with zero attached hydrogens (tertiary/aromatic N) is 4. The van der Waals surface area contributed by atoms with Crippen molar-refractivity contribution in [1.82, 2.24) is 19.3 Å². The molecule has 0 aliphatic carbocycles. The number of aromatic nitrogens is 3. The van der Waals surface area contributed by atoms with E-state index in [4.69, 9.17) is 0 Å². The van der Waals surface area contributed by atoms with Crippen LogP contribution in [0.1, 0.15) is 40.5 Å². The molecular formula is C13H25BrN4O2S. The predicted molar refractivity (Wildman–Crippen MR) is 86.4 cm³/mol. The van der Waals surface area contributed by atoms with E-state index in [0.29, 0.717) is 24.9 Å². The Kier molecular flexibility index (Phi) is 6.80. The van der Waals surface area contributed by atoms with Gasteiger partial charge in [-0.2, -0.15) is 4.31 Å². The summed E-state index contributed by atoms with van der Waals surface area (Å²) in [5.74, 6) is 0.907. The van der Waals surface area contributed by atoms with Gasteiger partial charge >= 0.3 is 0 Å². The van der Waals surface area contributed by atoms with Crippen LogP contribution in [0, 0.1) is 11.8 Å². The van der Waals surface area contributed by atoms with Crippen molar-refractivity contribution in [2.75, 3.05) is 13.1 Å². The fourth-order valence-electron chi connectivity index (χ4n) is 1.88. The topological polar surface area (TPSA) is 68.1 Å². The van der Waals surface area contributed by atoms with Crippen LogP contribution in [0.2, 0.25) is 0 Å². The summed E-state index contributed by atoms with van der Waals surface area (Å²) in [6.45, 7) is 9.40. The maximum atomic E-state index is 12.9. The normalized spacial score (nSPS) is 12.8. The maximum Gasteiger partial charge on any atom is 0.263 e. The van der Waals surface area contributed by atoms with Gasteiger partial charge in [0.2, 0.25) is 5.03 Å². The zero-order valence-electron chi connectivity index (χ0n) is 13.4. The van der Waals surface area contributed by atoms with Gasteiger partial charge in [0.05, 0.1) is 0 Å². The number of aryl methyl sites for hydroxylation is 1. The molecule has 1 aromatic rings. The number of sulfonamides is 1. The van der Waals surface area contributed by atoms with Crippen molar-refractivity contribution in [2.24, 2.45) is 18.9 Å². The average molecular weight is 381 g/mol. The summed E-state index contributed by atoms with van der Waals surface area (Å²) in [6.07, 6.45) is 1.67. The Bertz CT molecular complexity index is 523. The first-order chi connectivity index (χ1) is 9.66. The molecule has 0 aromatic carbocycles. The van der Waals surface area contributed by atoms with E-state index in [-0.39, 0.29) is 9.63 Å². The highest BCUT2D eigenvalue weighted by Gasteiger charge is 2.30. The molecule has 0 radical (unpaired) electrons. The number of hydrogen-bond acceptors (Lipinski definition) is 4. The minimum absolute atomic E-state index is 0.120. The Labute approximate surface area is 136 Å². The van der Waals surface area contributed by atoms with E-state index in [0.717, 1.165) is 12.8 Å². The summed E-state index contributed by atoms with van der Waals surface area (Å²) in [7, 11) is -2.00. The third-order valence-electron chi connectivity index (χ3n) is 3.23. The molecule has 0 unspecified atom stereocenters. The zero-order valence-corrected chi connectivity index (χ0v) is 15.8. The quantitative estimate of drug-likeness (QED) is 0.694. The maximum absolute atomic E-state index is 12.9. The van der Waals surface area contributed by atoms with E-state index < -0.39 is 10.0 Å². The van der Waals surface area contributed by atoms with E-state index in [1.54, 1.807) is 11.4 Å². The van der Waals surface area contributed by atoms with Gasteiger partial charge in [-0.1, -0.05) is 32.9 Å². The lowest BCUT2D eigenvalue weighted by Gasteiger charge is -2.23. The first kappa shape index (κ1) is 18.6. The Hall–Kier alpha value is -0.470. The largest absolute Gasteiger partial charge is 0.263 e. The third-order valence-corrected chi connectivity index (χ3v) is 6.02. The molecule has 1 rings (SSSR count). The second-order valence-electron chi connectivity index (χ2n) is 6.08. The van der Waals surface area contributed by atoms with Crippen LogP contribution in [-0.2, 0) is 17.1 Å². The highest BCUT2D eigenvalue weighted by Crippen LogP contribution is 2.23. The monoisotopic (exact) mass is 380 g/mol.